The second-order valence-corrected chi connectivity index (χ2v) is 3.53. The van der Waals surface area contributed by atoms with Gasteiger partial charge in [-0.2, -0.15) is 32.4 Å². The Morgan fingerprint density at radius 2 is 1.70 bits per heavy atom. The van der Waals surface area contributed by atoms with Crippen LogP contribution < -0.4 is 51.4 Å². The Hall–Kier alpha value is 0.126. The SMILES string of the molecule is OC([C-](CF)c1ccc(C(F)(F)F)cn1)C(F)(F)F.[K+]. The van der Waals surface area contributed by atoms with Gasteiger partial charge in [0.05, 0.1) is 12.2 Å². The Bertz CT molecular complexity index is 417. The first-order chi connectivity index (χ1) is 8.57. The molecule has 0 aliphatic carbocycles. The second-order valence-electron chi connectivity index (χ2n) is 3.53. The predicted octanol–water partition coefficient (Wildman–Crippen LogP) is -0.0803. The summed E-state index contributed by atoms with van der Waals surface area (Å²) in [6.07, 6.45) is -12.7. The van der Waals surface area contributed by atoms with Crippen LogP contribution in [0.3, 0.4) is 0 Å². The van der Waals surface area contributed by atoms with E-state index in [1.165, 1.54) is 0 Å². The fraction of sp³-hybridized carbons (Fsp3) is 0.400. The largest absolute Gasteiger partial charge is 1.00 e. The maximum Gasteiger partial charge on any atom is 1.00 e. The molecule has 1 aromatic rings. The Labute approximate surface area is 151 Å². The summed E-state index contributed by atoms with van der Waals surface area (Å²) in [5.74, 6) is -1.14. The van der Waals surface area contributed by atoms with Crippen LogP contribution >= 0.6 is 0 Å². The number of halogens is 7. The smallest absolute Gasteiger partial charge is 0.397 e. The summed E-state index contributed by atoms with van der Waals surface area (Å²) in [5, 5.41) is 8.86. The van der Waals surface area contributed by atoms with Gasteiger partial charge in [-0.05, 0) is 0 Å². The number of nitrogens with zero attached hydrogens (tertiary/aromatic N) is 1. The molecule has 0 bridgehead atoms. The van der Waals surface area contributed by atoms with Gasteiger partial charge >= 0.3 is 63.7 Å². The monoisotopic (exact) mass is 329 g/mol. The Morgan fingerprint density at radius 3 is 2.00 bits per heavy atom. The van der Waals surface area contributed by atoms with E-state index >= 15 is 0 Å². The summed E-state index contributed by atoms with van der Waals surface area (Å²) >= 11 is 0. The normalized spacial score (nSPS) is 13.6. The van der Waals surface area contributed by atoms with Crippen molar-refractivity contribution in [2.24, 2.45) is 0 Å². The number of aromatic nitrogens is 1. The zero-order valence-electron chi connectivity index (χ0n) is 10.1. The minimum Gasteiger partial charge on any atom is -0.397 e. The first-order valence-corrected chi connectivity index (χ1v) is 4.77. The zero-order chi connectivity index (χ0) is 14.8. The average molecular weight is 329 g/mol. The molecule has 1 unspecified atom stereocenters. The van der Waals surface area contributed by atoms with E-state index in [9.17, 15) is 30.7 Å². The van der Waals surface area contributed by atoms with Crippen molar-refractivity contribution in [3.63, 3.8) is 0 Å². The van der Waals surface area contributed by atoms with Crippen LogP contribution in [0.4, 0.5) is 30.7 Å². The molecule has 1 aromatic heterocycles. The third-order valence-electron chi connectivity index (χ3n) is 2.20. The molecular weight excluding hydrogens is 322 g/mol. The zero-order valence-corrected chi connectivity index (χ0v) is 13.2. The standard InChI is InChI=1S/C10H7F7NO.K/c11-3-6(8(19)10(15,16)17)7-2-1-5(4-18-7)9(12,13)14;/h1-2,4,8,19H,3H2;/q-1;+1. The van der Waals surface area contributed by atoms with Crippen molar-refractivity contribution >= 4 is 0 Å². The minimum absolute atomic E-state index is 0. The van der Waals surface area contributed by atoms with Crippen LogP contribution in [0.5, 0.6) is 0 Å². The molecule has 0 fully saturated rings. The van der Waals surface area contributed by atoms with E-state index in [1.54, 1.807) is 0 Å². The van der Waals surface area contributed by atoms with Gasteiger partial charge in [-0.1, -0.05) is 5.69 Å². The molecule has 0 radical (unpaired) electrons. The second kappa shape index (κ2) is 7.41. The van der Waals surface area contributed by atoms with E-state index < -0.39 is 42.3 Å². The average Bonchev–Trinajstić information content (AvgIpc) is 2.28. The van der Waals surface area contributed by atoms with Crippen molar-refractivity contribution < 1.29 is 87.2 Å². The van der Waals surface area contributed by atoms with Gasteiger partial charge in [0.15, 0.2) is 0 Å². The first kappa shape index (κ1) is 20.1. The molecule has 1 atom stereocenters. The summed E-state index contributed by atoms with van der Waals surface area (Å²) < 4.78 is 85.7. The molecule has 1 N–H and O–H groups in total. The van der Waals surface area contributed by atoms with Gasteiger partial charge in [-0.15, -0.1) is 12.0 Å². The molecule has 0 aliphatic rings. The van der Waals surface area contributed by atoms with Crippen LogP contribution in [0.2, 0.25) is 0 Å². The van der Waals surface area contributed by atoms with Crippen molar-refractivity contribution in [3.05, 3.63) is 35.5 Å². The minimum atomic E-state index is -5.12. The summed E-state index contributed by atoms with van der Waals surface area (Å²) in [6, 6.07) is 1.04. The number of rotatable bonds is 3. The first-order valence-electron chi connectivity index (χ1n) is 4.77. The molecule has 1 heterocycles. The molecule has 1 rings (SSSR count). The van der Waals surface area contributed by atoms with E-state index in [0.717, 1.165) is 0 Å². The molecule has 108 valence electrons. The summed E-state index contributed by atoms with van der Waals surface area (Å²) in [6.45, 7) is -1.68. The third kappa shape index (κ3) is 5.15. The summed E-state index contributed by atoms with van der Waals surface area (Å²) in [5.41, 5.74) is -1.86. The van der Waals surface area contributed by atoms with Crippen molar-refractivity contribution in [1.29, 1.82) is 0 Å². The molecule has 0 spiro atoms. The summed E-state index contributed by atoms with van der Waals surface area (Å²) in [4.78, 5) is 3.09. The van der Waals surface area contributed by atoms with Gasteiger partial charge in [-0.25, -0.2) is 0 Å². The third-order valence-corrected chi connectivity index (χ3v) is 2.20. The molecule has 0 aromatic carbocycles. The number of hydrogen-bond donors (Lipinski definition) is 1. The van der Waals surface area contributed by atoms with E-state index in [2.05, 4.69) is 4.98 Å². The van der Waals surface area contributed by atoms with Crippen LogP contribution in [0, 0.1) is 5.92 Å². The number of aliphatic hydroxyl groups is 1. The number of aliphatic hydroxyl groups excluding tert-OH is 1. The van der Waals surface area contributed by atoms with Crippen LogP contribution in [-0.2, 0) is 6.18 Å². The number of hydrogen-bond acceptors (Lipinski definition) is 2. The Balaban J connectivity index is 0.00000361. The van der Waals surface area contributed by atoms with E-state index in [4.69, 9.17) is 5.11 Å². The van der Waals surface area contributed by atoms with Crippen LogP contribution in [0.15, 0.2) is 18.3 Å². The van der Waals surface area contributed by atoms with Crippen molar-refractivity contribution in [2.75, 3.05) is 6.67 Å². The van der Waals surface area contributed by atoms with Gasteiger partial charge in [0, 0.05) is 6.20 Å². The Kier molecular flexibility index (Phi) is 7.45. The van der Waals surface area contributed by atoms with E-state index in [1.807, 2.05) is 0 Å². The van der Waals surface area contributed by atoms with Gasteiger partial charge < -0.3 is 5.11 Å². The molecule has 20 heavy (non-hydrogen) atoms. The van der Waals surface area contributed by atoms with Gasteiger partial charge in [0.25, 0.3) is 0 Å². The quantitative estimate of drug-likeness (QED) is 0.478. The van der Waals surface area contributed by atoms with Gasteiger partial charge in [-0.3, -0.25) is 9.37 Å². The fourth-order valence-corrected chi connectivity index (χ4v) is 1.23. The van der Waals surface area contributed by atoms with Crippen molar-refractivity contribution in [3.8, 4) is 0 Å². The van der Waals surface area contributed by atoms with E-state index in [0.29, 0.717) is 12.1 Å². The maximum absolute atomic E-state index is 12.5. The van der Waals surface area contributed by atoms with Crippen LogP contribution in [0.25, 0.3) is 0 Å². The Morgan fingerprint density at radius 1 is 1.15 bits per heavy atom. The van der Waals surface area contributed by atoms with Crippen LogP contribution in [0.1, 0.15) is 11.3 Å². The molecule has 0 saturated carbocycles. The topological polar surface area (TPSA) is 33.1 Å². The fourth-order valence-electron chi connectivity index (χ4n) is 1.23. The van der Waals surface area contributed by atoms with Gasteiger partial charge in [0.1, 0.15) is 6.10 Å². The molecule has 2 nitrogen and oxygen atoms in total. The van der Waals surface area contributed by atoms with Gasteiger partial charge in [0.2, 0.25) is 0 Å². The van der Waals surface area contributed by atoms with Crippen molar-refractivity contribution in [2.45, 2.75) is 18.5 Å². The summed E-state index contributed by atoms with van der Waals surface area (Å²) in [7, 11) is 0. The molecule has 0 aliphatic heterocycles. The van der Waals surface area contributed by atoms with E-state index in [-0.39, 0.29) is 57.6 Å². The predicted molar refractivity (Wildman–Crippen MR) is 49.6 cm³/mol. The number of alkyl halides is 7. The molecular formula is C10H7F7KNO. The molecule has 0 saturated heterocycles. The maximum atomic E-state index is 12.5. The number of pyridine rings is 1. The van der Waals surface area contributed by atoms with Crippen LogP contribution in [-0.4, -0.2) is 29.0 Å². The molecule has 0 amide bonds. The molecule has 10 heteroatoms. The van der Waals surface area contributed by atoms with Crippen molar-refractivity contribution in [1.82, 2.24) is 4.98 Å².